The van der Waals surface area contributed by atoms with Crippen LogP contribution in [0.5, 0.6) is 0 Å². The van der Waals surface area contributed by atoms with E-state index in [-0.39, 0.29) is 12.4 Å². The van der Waals surface area contributed by atoms with E-state index in [1.54, 1.807) is 0 Å². The molecular formula is C13H26O3. The lowest BCUT2D eigenvalue weighted by atomic mass is 10.1. The molecule has 1 fully saturated rings. The first-order valence-corrected chi connectivity index (χ1v) is 6.71. The summed E-state index contributed by atoms with van der Waals surface area (Å²) in [6.07, 6.45) is 6.98. The second kappa shape index (κ2) is 8.97. The van der Waals surface area contributed by atoms with Gasteiger partial charge in [0, 0.05) is 19.6 Å². The third-order valence-electron chi connectivity index (χ3n) is 2.85. The molecule has 1 rings (SSSR count). The van der Waals surface area contributed by atoms with E-state index < -0.39 is 0 Å². The van der Waals surface area contributed by atoms with E-state index in [2.05, 4.69) is 13.8 Å². The summed E-state index contributed by atoms with van der Waals surface area (Å²) in [5, 5.41) is 0. The average molecular weight is 230 g/mol. The van der Waals surface area contributed by atoms with E-state index in [1.165, 1.54) is 12.8 Å². The van der Waals surface area contributed by atoms with Crippen molar-refractivity contribution < 1.29 is 14.2 Å². The Morgan fingerprint density at radius 1 is 1.00 bits per heavy atom. The highest BCUT2D eigenvalue weighted by atomic mass is 16.7. The van der Waals surface area contributed by atoms with Gasteiger partial charge in [-0.25, -0.2) is 0 Å². The van der Waals surface area contributed by atoms with Crippen LogP contribution >= 0.6 is 0 Å². The third-order valence-corrected chi connectivity index (χ3v) is 2.85. The first-order valence-electron chi connectivity index (χ1n) is 6.71. The largest absolute Gasteiger partial charge is 0.376 e. The van der Waals surface area contributed by atoms with Gasteiger partial charge in [-0.15, -0.1) is 0 Å². The first-order chi connectivity index (χ1) is 7.86. The molecule has 0 N–H and O–H groups in total. The fraction of sp³-hybridized carbons (Fsp3) is 1.00. The van der Waals surface area contributed by atoms with Gasteiger partial charge < -0.3 is 14.2 Å². The van der Waals surface area contributed by atoms with Crippen LogP contribution in [0.4, 0.5) is 0 Å². The minimum absolute atomic E-state index is 0.0116. The lowest BCUT2D eigenvalue weighted by molar-refractivity contribution is -0.194. The lowest BCUT2D eigenvalue weighted by Crippen LogP contribution is -2.33. The monoisotopic (exact) mass is 230 g/mol. The van der Waals surface area contributed by atoms with Gasteiger partial charge in [0.1, 0.15) is 0 Å². The highest BCUT2D eigenvalue weighted by molar-refractivity contribution is 4.65. The molecule has 0 aliphatic carbocycles. The van der Waals surface area contributed by atoms with Gasteiger partial charge >= 0.3 is 0 Å². The zero-order chi connectivity index (χ0) is 11.6. The highest BCUT2D eigenvalue weighted by Crippen LogP contribution is 2.17. The van der Waals surface area contributed by atoms with Gasteiger partial charge in [0.05, 0.1) is 12.7 Å². The number of rotatable bonds is 8. The van der Waals surface area contributed by atoms with Gasteiger partial charge in [0.2, 0.25) is 0 Å². The predicted molar refractivity (Wildman–Crippen MR) is 64.5 cm³/mol. The Labute approximate surface area is 99.5 Å². The molecule has 0 aromatic carbocycles. The van der Waals surface area contributed by atoms with Gasteiger partial charge in [0.15, 0.2) is 6.29 Å². The molecule has 16 heavy (non-hydrogen) atoms. The molecule has 0 saturated carbocycles. The second-order valence-electron chi connectivity index (χ2n) is 4.41. The summed E-state index contributed by atoms with van der Waals surface area (Å²) >= 11 is 0. The Hall–Kier alpha value is -0.120. The minimum Gasteiger partial charge on any atom is -0.376 e. The molecule has 3 nitrogen and oxygen atoms in total. The molecule has 0 spiro atoms. The fourth-order valence-corrected chi connectivity index (χ4v) is 1.72. The van der Waals surface area contributed by atoms with Crippen LogP contribution in [0.25, 0.3) is 0 Å². The van der Waals surface area contributed by atoms with Crippen molar-refractivity contribution in [3.63, 3.8) is 0 Å². The molecule has 0 aromatic heterocycles. The Balaban J connectivity index is 2.00. The zero-order valence-electron chi connectivity index (χ0n) is 10.7. The van der Waals surface area contributed by atoms with Crippen molar-refractivity contribution in [3.05, 3.63) is 0 Å². The van der Waals surface area contributed by atoms with Crippen LogP contribution in [0.1, 0.15) is 52.4 Å². The van der Waals surface area contributed by atoms with E-state index in [0.29, 0.717) is 6.61 Å². The van der Waals surface area contributed by atoms with Gasteiger partial charge in [0.25, 0.3) is 0 Å². The predicted octanol–water partition coefficient (Wildman–Crippen LogP) is 3.12. The van der Waals surface area contributed by atoms with Crippen molar-refractivity contribution in [1.82, 2.24) is 0 Å². The number of unbranched alkanes of at least 4 members (excludes halogenated alkanes) is 2. The highest BCUT2D eigenvalue weighted by Gasteiger charge is 2.22. The van der Waals surface area contributed by atoms with E-state index >= 15 is 0 Å². The number of ether oxygens (including phenoxy) is 3. The summed E-state index contributed by atoms with van der Waals surface area (Å²) in [5.41, 5.74) is 0. The van der Waals surface area contributed by atoms with Crippen molar-refractivity contribution in [2.75, 3.05) is 19.8 Å². The smallest absolute Gasteiger partial charge is 0.157 e. The minimum atomic E-state index is 0.0116. The topological polar surface area (TPSA) is 27.7 Å². The van der Waals surface area contributed by atoms with Crippen molar-refractivity contribution in [1.29, 1.82) is 0 Å². The van der Waals surface area contributed by atoms with Crippen molar-refractivity contribution >= 4 is 0 Å². The molecule has 3 heteroatoms. The van der Waals surface area contributed by atoms with E-state index in [9.17, 15) is 0 Å². The standard InChI is InChI=1S/C13H26O3/c1-3-5-9-14-12-7-8-13(16-11-12)15-10-6-4-2/h12-13H,3-11H2,1-2H3. The Morgan fingerprint density at radius 2 is 1.69 bits per heavy atom. The normalized spacial score (nSPS) is 25.9. The van der Waals surface area contributed by atoms with Gasteiger partial charge in [-0.1, -0.05) is 26.7 Å². The molecular weight excluding hydrogens is 204 g/mol. The molecule has 0 bridgehead atoms. The summed E-state index contributed by atoms with van der Waals surface area (Å²) in [6.45, 7) is 6.73. The molecule has 1 aliphatic rings. The summed E-state index contributed by atoms with van der Waals surface area (Å²) < 4.78 is 17.0. The van der Waals surface area contributed by atoms with Gasteiger partial charge in [-0.3, -0.25) is 0 Å². The first kappa shape index (κ1) is 13.9. The molecule has 1 heterocycles. The quantitative estimate of drug-likeness (QED) is 0.600. The molecule has 1 saturated heterocycles. The summed E-state index contributed by atoms with van der Waals surface area (Å²) in [4.78, 5) is 0. The van der Waals surface area contributed by atoms with E-state index in [1.807, 2.05) is 0 Å². The maximum absolute atomic E-state index is 5.72. The SMILES string of the molecule is CCCCOC1CCC(OCCCC)OC1. The van der Waals surface area contributed by atoms with E-state index in [4.69, 9.17) is 14.2 Å². The Bertz CT molecular complexity index is 135. The Morgan fingerprint density at radius 3 is 2.25 bits per heavy atom. The average Bonchev–Trinajstić information content (AvgIpc) is 2.32. The Kier molecular flexibility index (Phi) is 7.81. The van der Waals surface area contributed by atoms with Crippen molar-refractivity contribution in [3.8, 4) is 0 Å². The summed E-state index contributed by atoms with van der Waals surface area (Å²) in [7, 11) is 0. The van der Waals surface area contributed by atoms with Crippen LogP contribution < -0.4 is 0 Å². The molecule has 96 valence electrons. The fourth-order valence-electron chi connectivity index (χ4n) is 1.72. The molecule has 0 radical (unpaired) electrons. The molecule has 0 aromatic rings. The second-order valence-corrected chi connectivity index (χ2v) is 4.41. The molecule has 1 aliphatic heterocycles. The van der Waals surface area contributed by atoms with Crippen molar-refractivity contribution in [2.45, 2.75) is 64.8 Å². The maximum atomic E-state index is 5.72. The zero-order valence-corrected chi connectivity index (χ0v) is 10.7. The third kappa shape index (κ3) is 5.83. The van der Waals surface area contributed by atoms with Crippen LogP contribution in [-0.2, 0) is 14.2 Å². The summed E-state index contributed by atoms with van der Waals surface area (Å²) in [6, 6.07) is 0. The summed E-state index contributed by atoms with van der Waals surface area (Å²) in [5.74, 6) is 0. The number of hydrogen-bond donors (Lipinski definition) is 0. The van der Waals surface area contributed by atoms with Crippen LogP contribution in [0.2, 0.25) is 0 Å². The van der Waals surface area contributed by atoms with Gasteiger partial charge in [-0.05, 0) is 19.3 Å². The number of hydrogen-bond acceptors (Lipinski definition) is 3. The van der Waals surface area contributed by atoms with Crippen LogP contribution in [0.15, 0.2) is 0 Å². The molecule has 0 amide bonds. The molecule has 2 atom stereocenters. The maximum Gasteiger partial charge on any atom is 0.157 e. The van der Waals surface area contributed by atoms with Gasteiger partial charge in [-0.2, -0.15) is 0 Å². The van der Waals surface area contributed by atoms with Crippen LogP contribution in [0.3, 0.4) is 0 Å². The molecule has 2 unspecified atom stereocenters. The lowest BCUT2D eigenvalue weighted by Gasteiger charge is -2.29. The van der Waals surface area contributed by atoms with Crippen LogP contribution in [0, 0.1) is 0 Å². The van der Waals surface area contributed by atoms with Crippen LogP contribution in [-0.4, -0.2) is 32.2 Å². The van der Waals surface area contributed by atoms with E-state index in [0.717, 1.165) is 38.9 Å². The van der Waals surface area contributed by atoms with Crippen molar-refractivity contribution in [2.24, 2.45) is 0 Å².